The fourth-order valence-corrected chi connectivity index (χ4v) is 3.98. The quantitative estimate of drug-likeness (QED) is 0.588. The first-order chi connectivity index (χ1) is 10.7. The summed E-state index contributed by atoms with van der Waals surface area (Å²) >= 11 is 12.2. The van der Waals surface area contributed by atoms with Crippen molar-refractivity contribution in [1.29, 1.82) is 0 Å². The van der Waals surface area contributed by atoms with Crippen molar-refractivity contribution in [1.82, 2.24) is 0 Å². The molecule has 0 unspecified atom stereocenters. The number of hydrogen-bond acceptors (Lipinski definition) is 6. The number of alkyl halides is 1. The van der Waals surface area contributed by atoms with Crippen LogP contribution in [0.3, 0.4) is 0 Å². The fourth-order valence-electron chi connectivity index (χ4n) is 3.34. The predicted molar refractivity (Wildman–Crippen MR) is 80.6 cm³/mol. The number of aromatic hydroxyl groups is 2. The number of fused-ring (bicyclic) bond motifs is 2. The zero-order valence-electron chi connectivity index (χ0n) is 11.9. The zero-order valence-corrected chi connectivity index (χ0v) is 13.4. The van der Waals surface area contributed by atoms with E-state index in [2.05, 4.69) is 0 Å². The molecule has 2 N–H and O–H groups in total. The van der Waals surface area contributed by atoms with Gasteiger partial charge in [-0.25, -0.2) is 0 Å². The number of rotatable bonds is 1. The maximum absolute atomic E-state index is 12.9. The first-order valence-electron chi connectivity index (χ1n) is 6.80. The molecule has 3 rings (SSSR count). The van der Waals surface area contributed by atoms with Crippen molar-refractivity contribution in [2.75, 3.05) is 7.11 Å². The standard InChI is InChI=1S/C15H12Cl2O6/c1-23-9-3-5(18)2-6-12(20)11-10(14(22)15(6,9)17)8(19)4-7(16)13(11)21/h4,6,9,19,21H,2-3H2,1H3/t6-,9-,15-/m1/s1. The third kappa shape index (κ3) is 2.02. The summed E-state index contributed by atoms with van der Waals surface area (Å²) in [6.07, 6.45) is -1.34. The minimum atomic E-state index is -1.80. The van der Waals surface area contributed by atoms with E-state index in [1.54, 1.807) is 0 Å². The van der Waals surface area contributed by atoms with Gasteiger partial charge in [-0.3, -0.25) is 14.4 Å². The zero-order chi connectivity index (χ0) is 17.1. The molecule has 0 aromatic heterocycles. The number of benzene rings is 1. The summed E-state index contributed by atoms with van der Waals surface area (Å²) in [5.74, 6) is -4.08. The molecule has 0 bridgehead atoms. The van der Waals surface area contributed by atoms with Crippen LogP contribution in [-0.2, 0) is 9.53 Å². The molecule has 1 saturated carbocycles. The van der Waals surface area contributed by atoms with Crippen LogP contribution >= 0.6 is 23.2 Å². The van der Waals surface area contributed by atoms with E-state index in [9.17, 15) is 24.6 Å². The van der Waals surface area contributed by atoms with Crippen LogP contribution in [-0.4, -0.2) is 45.7 Å². The summed E-state index contributed by atoms with van der Waals surface area (Å²) in [4.78, 5) is 35.7. The van der Waals surface area contributed by atoms with E-state index in [4.69, 9.17) is 27.9 Å². The van der Waals surface area contributed by atoms with Crippen LogP contribution in [0, 0.1) is 5.92 Å². The molecule has 1 aromatic rings. The van der Waals surface area contributed by atoms with Crippen LogP contribution in [0.5, 0.6) is 11.5 Å². The second kappa shape index (κ2) is 5.19. The molecule has 3 atom stereocenters. The Morgan fingerprint density at radius 2 is 1.87 bits per heavy atom. The number of hydrogen-bond donors (Lipinski definition) is 2. The molecular formula is C15H12Cl2O6. The Morgan fingerprint density at radius 1 is 1.22 bits per heavy atom. The van der Waals surface area contributed by atoms with Crippen molar-refractivity contribution in [3.63, 3.8) is 0 Å². The van der Waals surface area contributed by atoms with Gasteiger partial charge >= 0.3 is 0 Å². The molecule has 8 heteroatoms. The van der Waals surface area contributed by atoms with Crippen molar-refractivity contribution >= 4 is 40.6 Å². The van der Waals surface area contributed by atoms with Gasteiger partial charge in [0.25, 0.3) is 0 Å². The van der Waals surface area contributed by atoms with Gasteiger partial charge in [-0.05, 0) is 0 Å². The van der Waals surface area contributed by atoms with Crippen LogP contribution in [0.25, 0.3) is 0 Å². The molecular weight excluding hydrogens is 347 g/mol. The number of ketones is 3. The SMILES string of the molecule is CO[C@@H]1CC(=O)C[C@@H]2C(=O)c3c(O)c(Cl)cc(O)c3C(=O)[C@@]21Cl. The van der Waals surface area contributed by atoms with E-state index in [1.165, 1.54) is 7.11 Å². The van der Waals surface area contributed by atoms with Crippen molar-refractivity contribution in [3.8, 4) is 11.5 Å². The minimum Gasteiger partial charge on any atom is -0.507 e. The topological polar surface area (TPSA) is 101 Å². The Kier molecular flexibility index (Phi) is 3.66. The Labute approximate surface area is 140 Å². The lowest BCUT2D eigenvalue weighted by Gasteiger charge is -2.44. The smallest absolute Gasteiger partial charge is 0.191 e. The van der Waals surface area contributed by atoms with Gasteiger partial charge in [-0.1, -0.05) is 11.6 Å². The number of phenols is 2. The lowest BCUT2D eigenvalue weighted by Crippen LogP contribution is -2.60. The molecule has 0 heterocycles. The predicted octanol–water partition coefficient (Wildman–Crippen LogP) is 2.10. The van der Waals surface area contributed by atoms with E-state index < -0.39 is 45.5 Å². The highest BCUT2D eigenvalue weighted by atomic mass is 35.5. The summed E-state index contributed by atoms with van der Waals surface area (Å²) in [7, 11) is 1.29. The third-order valence-electron chi connectivity index (χ3n) is 4.48. The Bertz CT molecular complexity index is 759. The van der Waals surface area contributed by atoms with E-state index in [-0.39, 0.29) is 29.2 Å². The van der Waals surface area contributed by atoms with E-state index >= 15 is 0 Å². The number of Topliss-reactive ketones (excluding diaryl/α,β-unsaturated/α-hetero) is 3. The first-order valence-corrected chi connectivity index (χ1v) is 7.55. The average Bonchev–Trinajstić information content (AvgIpc) is 2.50. The van der Waals surface area contributed by atoms with Gasteiger partial charge in [-0.2, -0.15) is 0 Å². The number of ether oxygens (including phenoxy) is 1. The molecule has 0 radical (unpaired) electrons. The Hall–Kier alpha value is -1.63. The second-order valence-electron chi connectivity index (χ2n) is 5.66. The Balaban J connectivity index is 2.31. The largest absolute Gasteiger partial charge is 0.507 e. The molecule has 6 nitrogen and oxygen atoms in total. The van der Waals surface area contributed by atoms with Gasteiger partial charge in [0.15, 0.2) is 11.6 Å². The van der Waals surface area contributed by atoms with Crippen molar-refractivity contribution < 1.29 is 29.3 Å². The molecule has 2 aliphatic carbocycles. The molecule has 0 saturated heterocycles. The first kappa shape index (κ1) is 16.2. The fraction of sp³-hybridized carbons (Fsp3) is 0.400. The lowest BCUT2D eigenvalue weighted by molar-refractivity contribution is -0.126. The average molecular weight is 359 g/mol. The summed E-state index contributed by atoms with van der Waals surface area (Å²) in [6, 6.07) is 0.970. The van der Waals surface area contributed by atoms with Gasteiger partial charge in [0.05, 0.1) is 28.2 Å². The highest BCUT2D eigenvalue weighted by Crippen LogP contribution is 2.51. The highest BCUT2D eigenvalue weighted by molar-refractivity contribution is 6.45. The normalized spacial score (nSPS) is 30.1. The van der Waals surface area contributed by atoms with Gasteiger partial charge in [0.1, 0.15) is 22.2 Å². The van der Waals surface area contributed by atoms with E-state index in [0.29, 0.717) is 0 Å². The number of carbonyl (C=O) groups excluding carboxylic acids is 3. The lowest BCUT2D eigenvalue weighted by atomic mass is 9.64. The third-order valence-corrected chi connectivity index (χ3v) is 5.44. The summed E-state index contributed by atoms with van der Waals surface area (Å²) < 4.78 is 5.17. The maximum Gasteiger partial charge on any atom is 0.191 e. The van der Waals surface area contributed by atoms with Crippen molar-refractivity contribution in [3.05, 3.63) is 22.2 Å². The molecule has 0 aliphatic heterocycles. The number of carbonyl (C=O) groups is 3. The second-order valence-corrected chi connectivity index (χ2v) is 6.69. The van der Waals surface area contributed by atoms with Crippen LogP contribution in [0.4, 0.5) is 0 Å². The van der Waals surface area contributed by atoms with Gasteiger partial charge in [0.2, 0.25) is 0 Å². The molecule has 122 valence electrons. The molecule has 2 aliphatic rings. The van der Waals surface area contributed by atoms with Crippen LogP contribution in [0.2, 0.25) is 5.02 Å². The molecule has 0 spiro atoms. The van der Waals surface area contributed by atoms with Gasteiger partial charge in [0, 0.05) is 26.0 Å². The van der Waals surface area contributed by atoms with Gasteiger partial charge < -0.3 is 14.9 Å². The Morgan fingerprint density at radius 3 is 2.48 bits per heavy atom. The summed E-state index contributed by atoms with van der Waals surface area (Å²) in [5.41, 5.74) is -0.787. The van der Waals surface area contributed by atoms with Crippen molar-refractivity contribution in [2.24, 2.45) is 5.92 Å². The van der Waals surface area contributed by atoms with E-state index in [0.717, 1.165) is 6.07 Å². The maximum atomic E-state index is 12.9. The summed E-state index contributed by atoms with van der Waals surface area (Å²) in [5, 5.41) is 19.8. The monoisotopic (exact) mass is 358 g/mol. The molecule has 1 fully saturated rings. The number of methoxy groups -OCH3 is 1. The van der Waals surface area contributed by atoms with Gasteiger partial charge in [-0.15, -0.1) is 11.6 Å². The van der Waals surface area contributed by atoms with E-state index in [1.807, 2.05) is 0 Å². The van der Waals surface area contributed by atoms with Crippen LogP contribution in [0.1, 0.15) is 33.6 Å². The molecule has 1 aromatic carbocycles. The highest BCUT2D eigenvalue weighted by Gasteiger charge is 2.61. The molecule has 0 amide bonds. The number of phenolic OH excluding ortho intramolecular Hbond substituents is 2. The van der Waals surface area contributed by atoms with Crippen LogP contribution < -0.4 is 0 Å². The number of halogens is 2. The minimum absolute atomic E-state index is 0.106. The van der Waals surface area contributed by atoms with Crippen molar-refractivity contribution in [2.45, 2.75) is 23.8 Å². The molecule has 23 heavy (non-hydrogen) atoms. The van der Waals surface area contributed by atoms with Crippen LogP contribution in [0.15, 0.2) is 6.07 Å². The summed E-state index contributed by atoms with van der Waals surface area (Å²) in [6.45, 7) is 0.